The van der Waals surface area contributed by atoms with Gasteiger partial charge in [0.2, 0.25) is 5.91 Å². The summed E-state index contributed by atoms with van der Waals surface area (Å²) in [4.78, 5) is 31.4. The first-order valence-electron chi connectivity index (χ1n) is 12.4. The van der Waals surface area contributed by atoms with Crippen LogP contribution in [0.15, 0.2) is 42.5 Å². The van der Waals surface area contributed by atoms with Crippen molar-refractivity contribution in [1.29, 1.82) is 0 Å². The normalized spacial score (nSPS) is 19.6. The Balaban J connectivity index is 1.29. The minimum Gasteiger partial charge on any atom is -0.371 e. The van der Waals surface area contributed by atoms with Crippen LogP contribution < -0.4 is 10.2 Å². The zero-order chi connectivity index (χ0) is 24.2. The molecule has 2 fully saturated rings. The monoisotopic (exact) mass is 462 g/mol. The number of nitrogens with one attached hydrogen (secondary N) is 1. The van der Waals surface area contributed by atoms with Gasteiger partial charge in [-0.25, -0.2) is 0 Å². The number of anilines is 1. The van der Waals surface area contributed by atoms with Gasteiger partial charge in [0.15, 0.2) is 0 Å². The summed E-state index contributed by atoms with van der Waals surface area (Å²) in [5.74, 6) is 1.33. The second-order valence-electron chi connectivity index (χ2n) is 10.3. The summed E-state index contributed by atoms with van der Waals surface area (Å²) in [6.45, 7) is 8.90. The molecule has 2 unspecified atom stereocenters. The summed E-state index contributed by atoms with van der Waals surface area (Å²) in [5, 5.41) is 2.99. The number of fused-ring (bicyclic) bond motifs is 1. The highest BCUT2D eigenvalue weighted by molar-refractivity contribution is 5.97. The van der Waals surface area contributed by atoms with Gasteiger partial charge in [-0.05, 0) is 69.6 Å². The van der Waals surface area contributed by atoms with Crippen molar-refractivity contribution in [3.05, 3.63) is 64.7 Å². The molecule has 2 atom stereocenters. The van der Waals surface area contributed by atoms with Crippen molar-refractivity contribution >= 4 is 17.5 Å². The van der Waals surface area contributed by atoms with Crippen molar-refractivity contribution in [1.82, 2.24) is 15.1 Å². The lowest BCUT2D eigenvalue weighted by Gasteiger charge is -2.24. The molecular formula is C28H38N4O2. The minimum absolute atomic E-state index is 0.0764. The zero-order valence-electron chi connectivity index (χ0n) is 21.0. The van der Waals surface area contributed by atoms with Gasteiger partial charge in [-0.3, -0.25) is 9.59 Å². The fraction of sp³-hybridized carbons (Fsp3) is 0.500. The quantitative estimate of drug-likeness (QED) is 0.613. The summed E-state index contributed by atoms with van der Waals surface area (Å²) in [5.41, 5.74) is 5.60. The Morgan fingerprint density at radius 1 is 0.971 bits per heavy atom. The van der Waals surface area contributed by atoms with Crippen LogP contribution in [-0.2, 0) is 11.2 Å². The van der Waals surface area contributed by atoms with Gasteiger partial charge >= 0.3 is 0 Å². The molecule has 0 bridgehead atoms. The first-order chi connectivity index (χ1) is 16.3. The Morgan fingerprint density at radius 2 is 1.62 bits per heavy atom. The van der Waals surface area contributed by atoms with Crippen LogP contribution in [0.5, 0.6) is 0 Å². The third-order valence-corrected chi connectivity index (χ3v) is 7.17. The van der Waals surface area contributed by atoms with E-state index in [9.17, 15) is 9.59 Å². The van der Waals surface area contributed by atoms with Crippen LogP contribution in [-0.4, -0.2) is 75.0 Å². The number of rotatable bonds is 8. The number of carbonyl (C=O) groups is 2. The number of likely N-dealkylation sites (N-methyl/N-ethyl adjacent to an activating group) is 1. The molecule has 2 aromatic rings. The Labute approximate surface area is 203 Å². The molecule has 2 heterocycles. The largest absolute Gasteiger partial charge is 0.371 e. The smallest absolute Gasteiger partial charge is 0.254 e. The first kappa shape index (κ1) is 24.3. The molecule has 182 valence electrons. The average molecular weight is 463 g/mol. The maximum absolute atomic E-state index is 13.2. The van der Waals surface area contributed by atoms with Crippen LogP contribution in [0, 0.1) is 25.7 Å². The molecule has 2 aliphatic heterocycles. The molecule has 6 heteroatoms. The SMILES string of the molecule is Cc1cccc(C)c1C(=O)N1CC2CN(c3cccc(CCCNC(=O)CN(C)C)c3)CC2C1. The van der Waals surface area contributed by atoms with Crippen molar-refractivity contribution < 1.29 is 9.59 Å². The molecule has 2 aliphatic rings. The molecule has 0 spiro atoms. The Hall–Kier alpha value is -2.86. The minimum atomic E-state index is 0.0764. The van der Waals surface area contributed by atoms with Gasteiger partial charge in [-0.1, -0.05) is 30.3 Å². The molecule has 1 N–H and O–H groups in total. The summed E-state index contributed by atoms with van der Waals surface area (Å²) >= 11 is 0. The predicted molar refractivity (Wildman–Crippen MR) is 137 cm³/mol. The molecule has 0 aliphatic carbocycles. The third-order valence-electron chi connectivity index (χ3n) is 7.17. The Kier molecular flexibility index (Phi) is 7.57. The van der Waals surface area contributed by atoms with Crippen molar-refractivity contribution in [3.8, 4) is 0 Å². The van der Waals surface area contributed by atoms with Gasteiger partial charge in [0, 0.05) is 55.8 Å². The van der Waals surface area contributed by atoms with Crippen molar-refractivity contribution in [2.45, 2.75) is 26.7 Å². The van der Waals surface area contributed by atoms with Crippen LogP contribution in [0.4, 0.5) is 5.69 Å². The molecule has 0 radical (unpaired) electrons. The number of nitrogens with zero attached hydrogens (tertiary/aromatic N) is 3. The fourth-order valence-corrected chi connectivity index (χ4v) is 5.45. The second kappa shape index (κ2) is 10.6. The summed E-state index contributed by atoms with van der Waals surface area (Å²) in [7, 11) is 3.80. The summed E-state index contributed by atoms with van der Waals surface area (Å²) in [6.07, 6.45) is 1.89. The Morgan fingerprint density at radius 3 is 2.26 bits per heavy atom. The van der Waals surface area contributed by atoms with Crippen LogP contribution >= 0.6 is 0 Å². The van der Waals surface area contributed by atoms with Crippen LogP contribution in [0.2, 0.25) is 0 Å². The molecule has 0 saturated carbocycles. The van der Waals surface area contributed by atoms with E-state index in [-0.39, 0.29) is 11.8 Å². The lowest BCUT2D eigenvalue weighted by Crippen LogP contribution is -2.34. The number of benzene rings is 2. The van der Waals surface area contributed by atoms with E-state index < -0.39 is 0 Å². The van der Waals surface area contributed by atoms with Crippen molar-refractivity contribution in [2.24, 2.45) is 11.8 Å². The lowest BCUT2D eigenvalue weighted by atomic mass is 10.0. The zero-order valence-corrected chi connectivity index (χ0v) is 21.0. The van der Waals surface area contributed by atoms with Gasteiger partial charge in [0.1, 0.15) is 0 Å². The van der Waals surface area contributed by atoms with E-state index in [2.05, 4.69) is 39.4 Å². The van der Waals surface area contributed by atoms with E-state index in [1.54, 1.807) is 0 Å². The van der Waals surface area contributed by atoms with Gasteiger partial charge in [-0.2, -0.15) is 0 Å². The van der Waals surface area contributed by atoms with E-state index in [4.69, 9.17) is 0 Å². The Bertz CT molecular complexity index is 1000. The molecule has 0 aromatic heterocycles. The van der Waals surface area contributed by atoms with Crippen LogP contribution in [0.3, 0.4) is 0 Å². The molecule has 6 nitrogen and oxygen atoms in total. The van der Waals surface area contributed by atoms with Crippen LogP contribution in [0.1, 0.15) is 33.5 Å². The van der Waals surface area contributed by atoms with Crippen LogP contribution in [0.25, 0.3) is 0 Å². The maximum atomic E-state index is 13.2. The highest BCUT2D eigenvalue weighted by Gasteiger charge is 2.42. The van der Waals surface area contributed by atoms with E-state index in [1.165, 1.54) is 11.3 Å². The lowest BCUT2D eigenvalue weighted by molar-refractivity contribution is -0.121. The summed E-state index contributed by atoms with van der Waals surface area (Å²) in [6, 6.07) is 14.9. The number of hydrogen-bond acceptors (Lipinski definition) is 4. The van der Waals surface area contributed by atoms with Gasteiger partial charge in [0.05, 0.1) is 6.54 Å². The molecule has 2 aromatic carbocycles. The van der Waals surface area contributed by atoms with Gasteiger partial charge < -0.3 is 20.0 Å². The van der Waals surface area contributed by atoms with E-state index >= 15 is 0 Å². The maximum Gasteiger partial charge on any atom is 0.254 e. The highest BCUT2D eigenvalue weighted by atomic mass is 16.2. The number of carbonyl (C=O) groups excluding carboxylic acids is 2. The fourth-order valence-electron chi connectivity index (χ4n) is 5.45. The second-order valence-corrected chi connectivity index (χ2v) is 10.3. The number of aryl methyl sites for hydroxylation is 3. The van der Waals surface area contributed by atoms with E-state index in [1.807, 2.05) is 51.0 Å². The molecule has 2 amide bonds. The molecule has 34 heavy (non-hydrogen) atoms. The average Bonchev–Trinajstić information content (AvgIpc) is 3.36. The van der Waals surface area contributed by atoms with Gasteiger partial charge in [-0.15, -0.1) is 0 Å². The van der Waals surface area contributed by atoms with Crippen molar-refractivity contribution in [2.75, 3.05) is 58.3 Å². The standard InChI is InChI=1S/C28H38N4O2/c1-20-8-5-9-21(2)27(20)28(34)32-17-23-15-31(16-24(23)18-32)25-12-6-10-22(14-25)11-7-13-29-26(33)19-30(3)4/h5-6,8-10,12,14,23-24H,7,11,13,15-19H2,1-4H3,(H,29,33). The van der Waals surface area contributed by atoms with Gasteiger partial charge in [0.25, 0.3) is 5.91 Å². The number of amides is 2. The number of likely N-dealkylation sites (tertiary alicyclic amines) is 1. The third kappa shape index (κ3) is 5.61. The topological polar surface area (TPSA) is 55.9 Å². The highest BCUT2D eigenvalue weighted by Crippen LogP contribution is 2.35. The first-order valence-corrected chi connectivity index (χ1v) is 12.4. The van der Waals surface area contributed by atoms with Crippen molar-refractivity contribution in [3.63, 3.8) is 0 Å². The number of hydrogen-bond donors (Lipinski definition) is 1. The van der Waals surface area contributed by atoms with E-state index in [0.29, 0.717) is 24.9 Å². The predicted octanol–water partition coefficient (Wildman–Crippen LogP) is 3.12. The summed E-state index contributed by atoms with van der Waals surface area (Å²) < 4.78 is 0. The molecule has 2 saturated heterocycles. The molecule has 4 rings (SSSR count). The van der Waals surface area contributed by atoms with E-state index in [0.717, 1.165) is 55.7 Å². The molecular weight excluding hydrogens is 424 g/mol.